The minimum Gasteiger partial charge on any atom is -0.392 e. The maximum absolute atomic E-state index is 13.5. The Morgan fingerprint density at radius 1 is 0.471 bits per heavy atom. The zero-order valence-corrected chi connectivity index (χ0v) is 48.5. The van der Waals surface area contributed by atoms with Crippen LogP contribution < -0.4 is 0 Å². The largest absolute Gasteiger partial charge is 0.392 e. The summed E-state index contributed by atoms with van der Waals surface area (Å²) >= 11 is 0. The van der Waals surface area contributed by atoms with E-state index in [2.05, 4.69) is 46.4 Å². The van der Waals surface area contributed by atoms with Crippen LogP contribution in [0, 0.1) is 17.8 Å². The lowest BCUT2D eigenvalue weighted by atomic mass is 9.88. The molecule has 0 bridgehead atoms. The molecule has 0 spiro atoms. The van der Waals surface area contributed by atoms with E-state index in [0.717, 1.165) is 84.0 Å². The van der Waals surface area contributed by atoms with Gasteiger partial charge in [0.2, 0.25) is 5.91 Å². The summed E-state index contributed by atoms with van der Waals surface area (Å²) in [4.78, 5) is 31.3. The number of aliphatic hydroxyl groups excluding tert-OH is 1. The zero-order chi connectivity index (χ0) is 51.1. The Morgan fingerprint density at radius 3 is 1.29 bits per heavy atom. The van der Waals surface area contributed by atoms with Crippen LogP contribution in [0.2, 0.25) is 0 Å². The maximum atomic E-state index is 13.5. The molecule has 1 N–H and O–H groups in total. The van der Waals surface area contributed by atoms with Gasteiger partial charge in [-0.3, -0.25) is 9.59 Å². The van der Waals surface area contributed by atoms with Crippen molar-refractivity contribution >= 4 is 11.7 Å². The molecule has 1 amide bonds. The van der Waals surface area contributed by atoms with E-state index in [0.29, 0.717) is 23.5 Å². The first kappa shape index (κ1) is 70.8. The second kappa shape index (κ2) is 58.1. The summed E-state index contributed by atoms with van der Waals surface area (Å²) in [5.74, 6) is 2.02. The molecule has 0 radical (unpaired) electrons. The Labute approximate surface area is 429 Å². The van der Waals surface area contributed by atoms with E-state index < -0.39 is 0 Å². The van der Waals surface area contributed by atoms with Gasteiger partial charge < -0.3 is 14.9 Å². The van der Waals surface area contributed by atoms with Crippen LogP contribution in [0.25, 0.3) is 0 Å². The number of amides is 1. The first-order valence-corrected chi connectivity index (χ1v) is 30.6. The zero-order valence-electron chi connectivity index (χ0n) is 48.5. The molecule has 0 aromatic carbocycles. The highest BCUT2D eigenvalue weighted by molar-refractivity contribution is 5.80. The summed E-state index contributed by atoms with van der Waals surface area (Å²) in [7, 11) is 2.01. The lowest BCUT2D eigenvalue weighted by Gasteiger charge is -2.28. The van der Waals surface area contributed by atoms with E-state index in [9.17, 15) is 14.7 Å². The number of hydrogen-bond donors (Lipinski definition) is 1. The molecule has 68 heavy (non-hydrogen) atoms. The van der Waals surface area contributed by atoms with Gasteiger partial charge in [0.15, 0.2) is 0 Å². The number of allylic oxidation sites excluding steroid dienone is 4. The van der Waals surface area contributed by atoms with Gasteiger partial charge in [-0.25, -0.2) is 0 Å². The van der Waals surface area contributed by atoms with Gasteiger partial charge in [-0.05, 0) is 90.5 Å². The number of rotatable bonds is 46. The molecule has 1 aliphatic rings. The van der Waals surface area contributed by atoms with Crippen LogP contribution in [0.15, 0.2) is 24.3 Å². The summed E-state index contributed by atoms with van der Waals surface area (Å²) < 4.78 is 0. The van der Waals surface area contributed by atoms with Gasteiger partial charge in [0.1, 0.15) is 5.78 Å². The van der Waals surface area contributed by atoms with Crippen molar-refractivity contribution in [3.63, 3.8) is 0 Å². The molecule has 0 saturated heterocycles. The highest BCUT2D eigenvalue weighted by Gasteiger charge is 2.22. The highest BCUT2D eigenvalue weighted by Crippen LogP contribution is 2.24. The van der Waals surface area contributed by atoms with E-state index in [1.54, 1.807) is 0 Å². The van der Waals surface area contributed by atoms with Crippen LogP contribution >= 0.6 is 0 Å². The first-order chi connectivity index (χ1) is 33.1. The van der Waals surface area contributed by atoms with E-state index >= 15 is 0 Å². The summed E-state index contributed by atoms with van der Waals surface area (Å²) in [6, 6.07) is 0. The first-order valence-electron chi connectivity index (χ1n) is 30.6. The van der Waals surface area contributed by atoms with Gasteiger partial charge in [0.05, 0.1) is 6.10 Å². The number of Topliss-reactive ketones (excluding diaryl/α,β-unsaturated/α-hetero) is 1. The van der Waals surface area contributed by atoms with Crippen molar-refractivity contribution < 1.29 is 14.7 Å². The molecule has 1 saturated carbocycles. The average molecular weight is 960 g/mol. The van der Waals surface area contributed by atoms with Gasteiger partial charge in [-0.1, -0.05) is 253 Å². The second-order valence-electron chi connectivity index (χ2n) is 20.9. The molecule has 0 aromatic heterocycles. The van der Waals surface area contributed by atoms with Crippen molar-refractivity contribution in [2.75, 3.05) is 33.2 Å². The third-order valence-corrected chi connectivity index (χ3v) is 13.7. The van der Waals surface area contributed by atoms with Crippen LogP contribution in [-0.2, 0) is 9.59 Å². The van der Waals surface area contributed by atoms with Gasteiger partial charge in [0, 0.05) is 44.9 Å². The number of aliphatic hydroxyl groups is 1. The third kappa shape index (κ3) is 52.4. The number of unbranched alkanes of at least 4 members (excludes halogenated alkanes) is 21. The molecule has 0 aromatic rings. The van der Waals surface area contributed by atoms with Gasteiger partial charge in [-0.2, -0.15) is 0 Å². The second-order valence-corrected chi connectivity index (χ2v) is 20.9. The quantitative estimate of drug-likeness (QED) is 0.0488. The fraction of sp³-hybridized carbons (Fsp3) is 0.905. The summed E-state index contributed by atoms with van der Waals surface area (Å²) in [5.41, 5.74) is 0. The molecule has 0 heterocycles. The molecule has 5 nitrogen and oxygen atoms in total. The Balaban J connectivity index is -0.00000340. The number of ketones is 1. The van der Waals surface area contributed by atoms with Crippen molar-refractivity contribution in [1.82, 2.24) is 9.80 Å². The number of carbonyl (C=O) groups is 2. The monoisotopic (exact) mass is 959 g/mol. The van der Waals surface area contributed by atoms with E-state index in [-0.39, 0.29) is 12.0 Å². The molecule has 4 atom stereocenters. The molecule has 1 fully saturated rings. The number of carbonyl (C=O) groups excluding carboxylic acids is 2. The fourth-order valence-corrected chi connectivity index (χ4v) is 9.12. The Hall–Kier alpha value is -1.46. The van der Waals surface area contributed by atoms with Crippen molar-refractivity contribution in [1.29, 1.82) is 0 Å². The SMILES string of the molecule is C/C=C\C=C/C.C1CC1.CC.CCCCCCCCC(CCCCCC)C(=O)CCCCCCC(C)CN(CCCC)CC(O)CCCCN(C)C(=O)C(CCCCCC)CCCCCCCC. The Bertz CT molecular complexity index is 1040. The van der Waals surface area contributed by atoms with Crippen molar-refractivity contribution in [3.05, 3.63) is 24.3 Å². The summed E-state index contributed by atoms with van der Waals surface area (Å²) in [6.07, 6.45) is 53.9. The molecule has 1 rings (SSSR count). The third-order valence-electron chi connectivity index (χ3n) is 13.7. The fourth-order valence-electron chi connectivity index (χ4n) is 9.12. The van der Waals surface area contributed by atoms with E-state index in [4.69, 9.17) is 0 Å². The molecule has 406 valence electrons. The van der Waals surface area contributed by atoms with Gasteiger partial charge in [-0.15, -0.1) is 0 Å². The van der Waals surface area contributed by atoms with E-state index in [1.165, 1.54) is 186 Å². The molecular formula is C63H126N2O3. The minimum absolute atomic E-state index is 0.184. The predicted molar refractivity (Wildman–Crippen MR) is 306 cm³/mol. The minimum atomic E-state index is -0.303. The van der Waals surface area contributed by atoms with Crippen molar-refractivity contribution in [3.8, 4) is 0 Å². The normalized spacial score (nSPS) is 13.8. The molecule has 0 aliphatic heterocycles. The number of nitrogens with zero attached hydrogens (tertiary/aromatic N) is 2. The Morgan fingerprint density at radius 2 is 0.853 bits per heavy atom. The molecule has 4 unspecified atom stereocenters. The average Bonchev–Trinajstić information content (AvgIpc) is 4.24. The van der Waals surface area contributed by atoms with Crippen LogP contribution in [0.4, 0.5) is 0 Å². The lowest BCUT2D eigenvalue weighted by molar-refractivity contribution is -0.134. The topological polar surface area (TPSA) is 60.9 Å². The van der Waals surface area contributed by atoms with Crippen molar-refractivity contribution in [2.45, 2.75) is 319 Å². The van der Waals surface area contributed by atoms with Gasteiger partial charge in [0.25, 0.3) is 0 Å². The van der Waals surface area contributed by atoms with Crippen LogP contribution in [0.1, 0.15) is 313 Å². The van der Waals surface area contributed by atoms with E-state index in [1.807, 2.05) is 63.9 Å². The summed E-state index contributed by atoms with van der Waals surface area (Å²) in [6.45, 7) is 25.4. The maximum Gasteiger partial charge on any atom is 0.225 e. The van der Waals surface area contributed by atoms with Crippen molar-refractivity contribution in [2.24, 2.45) is 17.8 Å². The highest BCUT2D eigenvalue weighted by atomic mass is 16.3. The number of hydrogen-bond acceptors (Lipinski definition) is 4. The predicted octanol–water partition coefficient (Wildman–Crippen LogP) is 19.6. The van der Waals surface area contributed by atoms with Crippen LogP contribution in [0.3, 0.4) is 0 Å². The lowest BCUT2D eigenvalue weighted by Crippen LogP contribution is -2.36. The molecule has 5 heteroatoms. The molecule has 1 aliphatic carbocycles. The van der Waals surface area contributed by atoms with Crippen LogP contribution in [-0.4, -0.2) is 65.9 Å². The summed E-state index contributed by atoms with van der Waals surface area (Å²) in [5, 5.41) is 11.1. The Kier molecular flexibility index (Phi) is 60.5. The smallest absolute Gasteiger partial charge is 0.225 e. The standard InChI is InChI=1S/C52H104N2O3.C6H10.C3H6.C2H6/c1-8-13-18-22-24-31-38-48(37-29-20-15-10-3)51(56)42-33-27-26-28-36-47(6)45-54(44-17-12-5)46-50(55)41-34-35-43-53(7)52(57)49(39-30-21-16-11-4)40-32-25-23-19-14-9-2;1-3-5-6-4-2;1-2-3-1;1-2/h47-50,55H,8-46H2,1-7H3;3-6H,1-2H3;1-3H2;1-2H3/b;5-3-,6-4-;;. The van der Waals surface area contributed by atoms with Crippen LogP contribution in [0.5, 0.6) is 0 Å². The molecular weight excluding hydrogens is 833 g/mol. The van der Waals surface area contributed by atoms with Gasteiger partial charge >= 0.3 is 0 Å².